The molecule has 3 nitrogen and oxygen atoms in total. The summed E-state index contributed by atoms with van der Waals surface area (Å²) in [7, 11) is 0. The average Bonchev–Trinajstić information content (AvgIpc) is 2.47. The first-order chi connectivity index (χ1) is 6.75. The van der Waals surface area contributed by atoms with Crippen molar-refractivity contribution < 1.29 is 9.90 Å². The minimum absolute atomic E-state index is 0.0126. The first-order valence-electron chi connectivity index (χ1n) is 4.62. The van der Waals surface area contributed by atoms with Gasteiger partial charge in [-0.1, -0.05) is 30.3 Å². The molecule has 0 unspecified atom stereocenters. The highest BCUT2D eigenvalue weighted by Crippen LogP contribution is 2.17. The van der Waals surface area contributed by atoms with Crippen molar-refractivity contribution in [2.45, 2.75) is 19.1 Å². The molecule has 0 bridgehead atoms. The van der Waals surface area contributed by atoms with Gasteiger partial charge in [-0.2, -0.15) is 0 Å². The van der Waals surface area contributed by atoms with E-state index in [1.807, 2.05) is 30.3 Å². The van der Waals surface area contributed by atoms with E-state index >= 15 is 0 Å². The predicted molar refractivity (Wildman–Crippen MR) is 51.9 cm³/mol. The number of amides is 1. The molecule has 1 saturated heterocycles. The van der Waals surface area contributed by atoms with Gasteiger partial charge in [-0.15, -0.1) is 0 Å². The van der Waals surface area contributed by atoms with Gasteiger partial charge in [0.1, 0.15) is 0 Å². The number of likely N-dealkylation sites (tertiary alicyclic amines) is 1. The molecule has 3 heteroatoms. The molecule has 1 aromatic carbocycles. The molecular weight excluding hydrogens is 178 g/mol. The Labute approximate surface area is 83.0 Å². The standard InChI is InChI=1S/C11H12NO2/c13-10-6-11(14)12(8-10)7-9-4-2-1-3-5-9/h1-5,8,10,13H,6-7H2/q-1/t10-/m0/s1. The van der Waals surface area contributed by atoms with Crippen molar-refractivity contribution in [2.75, 3.05) is 0 Å². The van der Waals surface area contributed by atoms with Gasteiger partial charge in [0, 0.05) is 13.0 Å². The van der Waals surface area contributed by atoms with Crippen molar-refractivity contribution in [1.82, 2.24) is 4.90 Å². The lowest BCUT2D eigenvalue weighted by molar-refractivity contribution is -0.127. The minimum atomic E-state index is -0.605. The number of carbonyl (C=O) groups excluding carboxylic acids is 1. The topological polar surface area (TPSA) is 40.5 Å². The highest BCUT2D eigenvalue weighted by Gasteiger charge is 2.17. The van der Waals surface area contributed by atoms with E-state index in [2.05, 4.69) is 0 Å². The third-order valence-corrected chi connectivity index (χ3v) is 2.25. The molecule has 1 amide bonds. The Balaban J connectivity index is 2.02. The summed E-state index contributed by atoms with van der Waals surface area (Å²) < 4.78 is 0. The summed E-state index contributed by atoms with van der Waals surface area (Å²) in [4.78, 5) is 12.9. The largest absolute Gasteiger partial charge is 0.487 e. The number of carbonyl (C=O) groups is 1. The van der Waals surface area contributed by atoms with Gasteiger partial charge in [0.15, 0.2) is 5.91 Å². The fourth-order valence-electron chi connectivity index (χ4n) is 1.56. The van der Waals surface area contributed by atoms with Crippen LogP contribution >= 0.6 is 0 Å². The molecule has 1 atom stereocenters. The lowest BCUT2D eigenvalue weighted by Gasteiger charge is -2.26. The van der Waals surface area contributed by atoms with Crippen molar-refractivity contribution in [1.29, 1.82) is 0 Å². The van der Waals surface area contributed by atoms with Crippen molar-refractivity contribution in [3.63, 3.8) is 0 Å². The van der Waals surface area contributed by atoms with Gasteiger partial charge in [-0.05, 0) is 11.7 Å². The Morgan fingerprint density at radius 1 is 1.43 bits per heavy atom. The van der Waals surface area contributed by atoms with Crippen LogP contribution < -0.4 is 0 Å². The maximum absolute atomic E-state index is 11.3. The fraction of sp³-hybridized carbons (Fsp3) is 0.273. The van der Waals surface area contributed by atoms with E-state index in [-0.39, 0.29) is 12.3 Å². The smallest absolute Gasteiger partial charge is 0.193 e. The molecule has 1 aliphatic heterocycles. The molecule has 2 rings (SSSR count). The first-order valence-corrected chi connectivity index (χ1v) is 4.62. The van der Waals surface area contributed by atoms with Crippen LogP contribution in [0.5, 0.6) is 0 Å². The van der Waals surface area contributed by atoms with Gasteiger partial charge < -0.3 is 10.0 Å². The zero-order valence-corrected chi connectivity index (χ0v) is 7.76. The number of aliphatic hydroxyl groups is 1. The Bertz CT molecular complexity index is 323. The normalized spacial score (nSPS) is 21.6. The van der Waals surface area contributed by atoms with Crippen LogP contribution in [0.2, 0.25) is 0 Å². The average molecular weight is 190 g/mol. The van der Waals surface area contributed by atoms with Crippen LogP contribution in [0, 0.1) is 6.54 Å². The second-order valence-corrected chi connectivity index (χ2v) is 3.43. The van der Waals surface area contributed by atoms with Crippen LogP contribution in [0.4, 0.5) is 0 Å². The molecule has 14 heavy (non-hydrogen) atoms. The molecule has 1 aromatic rings. The number of nitrogens with zero attached hydrogens (tertiary/aromatic N) is 1. The summed E-state index contributed by atoms with van der Waals surface area (Å²) >= 11 is 0. The van der Waals surface area contributed by atoms with Crippen LogP contribution in [0.3, 0.4) is 0 Å². The Morgan fingerprint density at radius 3 is 2.71 bits per heavy atom. The van der Waals surface area contributed by atoms with E-state index < -0.39 is 6.10 Å². The number of aliphatic hydroxyl groups excluding tert-OH is 1. The second kappa shape index (κ2) is 3.80. The lowest BCUT2D eigenvalue weighted by Crippen LogP contribution is -2.21. The van der Waals surface area contributed by atoms with Crippen LogP contribution in [0.25, 0.3) is 0 Å². The van der Waals surface area contributed by atoms with Gasteiger partial charge in [-0.3, -0.25) is 4.79 Å². The monoisotopic (exact) mass is 190 g/mol. The van der Waals surface area contributed by atoms with Crippen LogP contribution in [0.1, 0.15) is 12.0 Å². The molecule has 1 heterocycles. The zero-order valence-electron chi connectivity index (χ0n) is 7.76. The van der Waals surface area contributed by atoms with Crippen LogP contribution in [0.15, 0.2) is 30.3 Å². The number of hydrogen-bond acceptors (Lipinski definition) is 2. The molecule has 0 radical (unpaired) electrons. The Hall–Kier alpha value is -1.35. The highest BCUT2D eigenvalue weighted by atomic mass is 16.3. The number of benzene rings is 1. The molecule has 0 saturated carbocycles. The summed E-state index contributed by atoms with van der Waals surface area (Å²) in [5.74, 6) is -0.0126. The summed E-state index contributed by atoms with van der Waals surface area (Å²) in [6.07, 6.45) is -0.390. The molecule has 0 aromatic heterocycles. The number of rotatable bonds is 2. The maximum atomic E-state index is 11.3. The third kappa shape index (κ3) is 1.93. The maximum Gasteiger partial charge on any atom is 0.193 e. The van der Waals surface area contributed by atoms with Gasteiger partial charge in [0.05, 0.1) is 0 Å². The molecule has 1 fully saturated rings. The second-order valence-electron chi connectivity index (χ2n) is 3.43. The van der Waals surface area contributed by atoms with E-state index in [4.69, 9.17) is 0 Å². The lowest BCUT2D eigenvalue weighted by atomic mass is 10.2. The van der Waals surface area contributed by atoms with Crippen molar-refractivity contribution in [3.05, 3.63) is 42.4 Å². The summed E-state index contributed by atoms with van der Waals surface area (Å²) in [5, 5.41) is 9.23. The third-order valence-electron chi connectivity index (χ3n) is 2.25. The fourth-order valence-corrected chi connectivity index (χ4v) is 1.56. The summed E-state index contributed by atoms with van der Waals surface area (Å²) in [5.41, 5.74) is 1.08. The van der Waals surface area contributed by atoms with E-state index in [0.29, 0.717) is 6.54 Å². The summed E-state index contributed by atoms with van der Waals surface area (Å²) in [6.45, 7) is 2.13. The number of hydrogen-bond donors (Lipinski definition) is 1. The van der Waals surface area contributed by atoms with E-state index in [0.717, 1.165) is 5.56 Å². The molecule has 74 valence electrons. The predicted octanol–water partition coefficient (Wildman–Crippen LogP) is 0.942. The molecule has 0 spiro atoms. The highest BCUT2D eigenvalue weighted by molar-refractivity contribution is 5.80. The van der Waals surface area contributed by atoms with Crippen LogP contribution in [-0.4, -0.2) is 22.0 Å². The molecule has 1 N–H and O–H groups in total. The van der Waals surface area contributed by atoms with Gasteiger partial charge in [0.25, 0.3) is 0 Å². The quantitative estimate of drug-likeness (QED) is 0.705. The van der Waals surface area contributed by atoms with Crippen molar-refractivity contribution >= 4 is 5.91 Å². The van der Waals surface area contributed by atoms with Gasteiger partial charge in [0.2, 0.25) is 0 Å². The minimum Gasteiger partial charge on any atom is -0.487 e. The van der Waals surface area contributed by atoms with Crippen LogP contribution in [-0.2, 0) is 11.3 Å². The van der Waals surface area contributed by atoms with Gasteiger partial charge >= 0.3 is 0 Å². The molecule has 0 aliphatic carbocycles. The van der Waals surface area contributed by atoms with E-state index in [1.54, 1.807) is 11.4 Å². The van der Waals surface area contributed by atoms with Crippen molar-refractivity contribution in [2.24, 2.45) is 0 Å². The Morgan fingerprint density at radius 2 is 2.14 bits per heavy atom. The Kier molecular flexibility index (Phi) is 2.50. The molecular formula is C11H12NO2-. The molecule has 1 aliphatic rings. The SMILES string of the molecule is O=C1C[C@H](O)[CH-]N1Cc1ccccc1. The first kappa shape index (κ1) is 9.21. The van der Waals surface area contributed by atoms with Crippen molar-refractivity contribution in [3.8, 4) is 0 Å². The van der Waals surface area contributed by atoms with E-state index in [9.17, 15) is 9.90 Å². The zero-order chi connectivity index (χ0) is 9.97. The van der Waals surface area contributed by atoms with E-state index in [1.165, 1.54) is 0 Å². The summed E-state index contributed by atoms with van der Waals surface area (Å²) in [6, 6.07) is 9.74. The van der Waals surface area contributed by atoms with Gasteiger partial charge in [-0.25, -0.2) is 6.54 Å².